The van der Waals surface area contributed by atoms with Crippen LogP contribution in [-0.2, 0) is 0 Å². The van der Waals surface area contributed by atoms with Crippen LogP contribution in [0.5, 0.6) is 11.5 Å². The lowest BCUT2D eigenvalue weighted by atomic mass is 10.1. The Morgan fingerprint density at radius 3 is 3.42 bits per heavy atom. The van der Waals surface area contributed by atoms with Gasteiger partial charge in [-0.2, -0.15) is 0 Å². The first-order valence-electron chi connectivity index (χ1n) is 4.95. The molecule has 2 rings (SSSR count). The van der Waals surface area contributed by atoms with Crippen molar-refractivity contribution >= 4 is 5.78 Å². The van der Waals surface area contributed by atoms with Crippen LogP contribution < -0.4 is 9.47 Å². The summed E-state index contributed by atoms with van der Waals surface area (Å²) in [7, 11) is -2.49. The molecule has 0 fully saturated rings. The fourth-order valence-electron chi connectivity index (χ4n) is 1.14. The lowest BCUT2D eigenvalue weighted by molar-refractivity contribution is 0.0961. The molecule has 1 aliphatic rings. The molecule has 3 heteroatoms. The van der Waals surface area contributed by atoms with E-state index in [0.717, 1.165) is 0 Å². The van der Waals surface area contributed by atoms with Crippen LogP contribution in [0.2, 0.25) is 0 Å². The average molecular weight is 167 g/mol. The first-order valence-corrected chi connectivity index (χ1v) is 3.45. The molecule has 1 aliphatic heterocycles. The van der Waals surface area contributed by atoms with Gasteiger partial charge in [-0.15, -0.1) is 0 Å². The van der Waals surface area contributed by atoms with Crippen LogP contribution in [-0.4, -0.2) is 19.4 Å². The SMILES string of the molecule is [2H]C([2H])([2H])Oc1ccc2c(c1)OCC2=O. The number of ketones is 1. The molecule has 0 spiro atoms. The summed E-state index contributed by atoms with van der Waals surface area (Å²) in [4.78, 5) is 11.2. The summed E-state index contributed by atoms with van der Waals surface area (Å²) >= 11 is 0. The normalized spacial score (nSPS) is 18.7. The van der Waals surface area contributed by atoms with Crippen molar-refractivity contribution in [1.82, 2.24) is 0 Å². The fraction of sp³-hybridized carbons (Fsp3) is 0.222. The molecule has 0 N–H and O–H groups in total. The van der Waals surface area contributed by atoms with Crippen molar-refractivity contribution in [3.05, 3.63) is 23.8 Å². The molecule has 12 heavy (non-hydrogen) atoms. The minimum atomic E-state index is -2.49. The number of ether oxygens (including phenoxy) is 2. The third-order valence-corrected chi connectivity index (χ3v) is 1.73. The second kappa shape index (κ2) is 2.52. The van der Waals surface area contributed by atoms with Crippen LogP contribution in [0, 0.1) is 0 Å². The van der Waals surface area contributed by atoms with Crippen LogP contribution in [0.3, 0.4) is 0 Å². The Balaban J connectivity index is 2.27. The highest BCUT2D eigenvalue weighted by atomic mass is 16.5. The summed E-state index contributed by atoms with van der Waals surface area (Å²) in [5.74, 6) is 0.440. The van der Waals surface area contributed by atoms with E-state index < -0.39 is 7.04 Å². The number of rotatable bonds is 1. The molecule has 0 bridgehead atoms. The fourth-order valence-corrected chi connectivity index (χ4v) is 1.14. The molecule has 0 aromatic heterocycles. The maximum absolute atomic E-state index is 11.2. The zero-order chi connectivity index (χ0) is 11.1. The van der Waals surface area contributed by atoms with E-state index in [4.69, 9.17) is 8.85 Å². The monoisotopic (exact) mass is 167 g/mol. The number of carbonyl (C=O) groups is 1. The van der Waals surface area contributed by atoms with Gasteiger partial charge in [-0.3, -0.25) is 4.79 Å². The summed E-state index contributed by atoms with van der Waals surface area (Å²) in [6.07, 6.45) is 0. The van der Waals surface area contributed by atoms with Crippen molar-refractivity contribution in [3.63, 3.8) is 0 Å². The Bertz CT molecular complexity index is 412. The Hall–Kier alpha value is -1.51. The van der Waals surface area contributed by atoms with Crippen LogP contribution in [0.4, 0.5) is 0 Å². The number of methoxy groups -OCH3 is 1. The third kappa shape index (κ3) is 0.942. The number of hydrogen-bond donors (Lipinski definition) is 0. The van der Waals surface area contributed by atoms with E-state index in [0.29, 0.717) is 11.3 Å². The molecule has 0 saturated heterocycles. The zero-order valence-electron chi connectivity index (χ0n) is 9.16. The summed E-state index contributed by atoms with van der Waals surface area (Å²) in [5.41, 5.74) is 0.466. The Morgan fingerprint density at radius 1 is 1.67 bits per heavy atom. The van der Waals surface area contributed by atoms with Gasteiger partial charge >= 0.3 is 0 Å². The minimum absolute atomic E-state index is 0.00650. The van der Waals surface area contributed by atoms with Crippen molar-refractivity contribution in [3.8, 4) is 11.5 Å². The van der Waals surface area contributed by atoms with Gasteiger partial charge in [0, 0.05) is 6.07 Å². The first-order chi connectivity index (χ1) is 6.96. The van der Waals surface area contributed by atoms with Gasteiger partial charge in [0.05, 0.1) is 16.7 Å². The van der Waals surface area contributed by atoms with E-state index in [1.165, 1.54) is 18.2 Å². The Labute approximate surface area is 74.1 Å². The number of benzene rings is 1. The van der Waals surface area contributed by atoms with E-state index in [2.05, 4.69) is 4.74 Å². The molecule has 1 aromatic rings. The smallest absolute Gasteiger partial charge is 0.203 e. The van der Waals surface area contributed by atoms with Crippen molar-refractivity contribution in [1.29, 1.82) is 0 Å². The molecule has 0 amide bonds. The molecule has 0 radical (unpaired) electrons. The summed E-state index contributed by atoms with van der Waals surface area (Å²) in [6.45, 7) is 0.00650. The third-order valence-electron chi connectivity index (χ3n) is 1.73. The quantitative estimate of drug-likeness (QED) is 0.631. The maximum atomic E-state index is 11.2. The minimum Gasteiger partial charge on any atom is -0.497 e. The molecular weight excluding hydrogens is 156 g/mol. The largest absolute Gasteiger partial charge is 0.497 e. The number of Topliss-reactive ketones (excluding diaryl/α,β-unsaturated/α-hetero) is 1. The van der Waals surface area contributed by atoms with Crippen LogP contribution in [0.15, 0.2) is 18.2 Å². The van der Waals surface area contributed by atoms with Crippen molar-refractivity contribution < 1.29 is 18.4 Å². The van der Waals surface area contributed by atoms with E-state index in [1.807, 2.05) is 0 Å². The lowest BCUT2D eigenvalue weighted by Crippen LogP contribution is -1.98. The Kier molecular flexibility index (Phi) is 0.943. The number of fused-ring (bicyclic) bond motifs is 1. The van der Waals surface area contributed by atoms with Gasteiger partial charge in [-0.25, -0.2) is 0 Å². The van der Waals surface area contributed by atoms with E-state index >= 15 is 0 Å². The highest BCUT2D eigenvalue weighted by Gasteiger charge is 2.20. The summed E-state index contributed by atoms with van der Waals surface area (Å²) < 4.78 is 30.5. The maximum Gasteiger partial charge on any atom is 0.203 e. The van der Waals surface area contributed by atoms with Crippen LogP contribution in [0.1, 0.15) is 14.5 Å². The predicted molar refractivity (Wildman–Crippen MR) is 42.8 cm³/mol. The van der Waals surface area contributed by atoms with Gasteiger partial charge < -0.3 is 9.47 Å². The molecule has 1 aromatic carbocycles. The van der Waals surface area contributed by atoms with Crippen molar-refractivity contribution in [2.24, 2.45) is 0 Å². The molecule has 1 heterocycles. The molecule has 0 unspecified atom stereocenters. The van der Waals surface area contributed by atoms with Crippen molar-refractivity contribution in [2.45, 2.75) is 0 Å². The zero-order valence-corrected chi connectivity index (χ0v) is 6.16. The van der Waals surface area contributed by atoms with E-state index in [-0.39, 0.29) is 18.1 Å². The predicted octanol–water partition coefficient (Wildman–Crippen LogP) is 1.27. The van der Waals surface area contributed by atoms with Gasteiger partial charge in [0.1, 0.15) is 11.5 Å². The first kappa shape index (κ1) is 4.50. The average Bonchev–Trinajstić information content (AvgIpc) is 2.45. The molecular formula is C9H8O3. The Morgan fingerprint density at radius 2 is 2.58 bits per heavy atom. The highest BCUT2D eigenvalue weighted by Crippen LogP contribution is 2.28. The molecule has 0 saturated carbocycles. The molecule has 0 atom stereocenters. The lowest BCUT2D eigenvalue weighted by Gasteiger charge is -2.00. The number of hydrogen-bond acceptors (Lipinski definition) is 3. The van der Waals surface area contributed by atoms with E-state index in [9.17, 15) is 4.79 Å². The van der Waals surface area contributed by atoms with Gasteiger partial charge in [0.2, 0.25) is 5.78 Å². The standard InChI is InChI=1S/C9H8O3/c1-11-6-2-3-7-8(10)5-12-9(7)4-6/h2-4H,5H2,1H3/i1D3. The molecule has 3 nitrogen and oxygen atoms in total. The summed E-state index contributed by atoms with van der Waals surface area (Å²) in [5, 5.41) is 0. The molecule has 0 aliphatic carbocycles. The van der Waals surface area contributed by atoms with Gasteiger partial charge in [-0.05, 0) is 12.1 Å². The van der Waals surface area contributed by atoms with Gasteiger partial charge in [-0.1, -0.05) is 0 Å². The molecule has 62 valence electrons. The van der Waals surface area contributed by atoms with Crippen LogP contribution >= 0.6 is 0 Å². The van der Waals surface area contributed by atoms with Crippen LogP contribution in [0.25, 0.3) is 0 Å². The van der Waals surface area contributed by atoms with E-state index in [1.54, 1.807) is 0 Å². The van der Waals surface area contributed by atoms with Gasteiger partial charge in [0.15, 0.2) is 6.61 Å². The topological polar surface area (TPSA) is 35.5 Å². The van der Waals surface area contributed by atoms with Gasteiger partial charge in [0.25, 0.3) is 0 Å². The second-order valence-electron chi connectivity index (χ2n) is 2.47. The second-order valence-corrected chi connectivity index (χ2v) is 2.47. The highest BCUT2D eigenvalue weighted by molar-refractivity contribution is 6.02. The number of carbonyl (C=O) groups excluding carboxylic acids is 1. The van der Waals surface area contributed by atoms with Crippen molar-refractivity contribution in [2.75, 3.05) is 13.6 Å². The summed E-state index contributed by atoms with van der Waals surface area (Å²) in [6, 6.07) is 4.36.